The van der Waals surface area contributed by atoms with Crippen LogP contribution in [0.1, 0.15) is 65.9 Å². The second-order valence-corrected chi connectivity index (χ2v) is 10.5. The Morgan fingerprint density at radius 2 is 1.61 bits per heavy atom. The summed E-state index contributed by atoms with van der Waals surface area (Å²) in [5.41, 5.74) is 9.63. The molecule has 1 aliphatic rings. The first kappa shape index (κ1) is 32.3. The number of guanidine groups is 1. The number of ether oxygens (including phenoxy) is 1. The van der Waals surface area contributed by atoms with Crippen LogP contribution in [0.25, 0.3) is 0 Å². The van der Waals surface area contributed by atoms with Gasteiger partial charge in [0.25, 0.3) is 5.91 Å². The fourth-order valence-corrected chi connectivity index (χ4v) is 5.13. The van der Waals surface area contributed by atoms with E-state index in [1.807, 2.05) is 17.0 Å². The predicted molar refractivity (Wildman–Crippen MR) is 163 cm³/mol. The van der Waals surface area contributed by atoms with Gasteiger partial charge in [-0.1, -0.05) is 43.5 Å². The van der Waals surface area contributed by atoms with E-state index in [9.17, 15) is 22.8 Å². The number of carboxylic acids is 1. The average molecular weight is 612 g/mol. The molecule has 0 radical (unpaired) electrons. The lowest BCUT2D eigenvalue weighted by Crippen LogP contribution is -2.37. The highest BCUT2D eigenvalue weighted by Crippen LogP contribution is 2.34. The monoisotopic (exact) mass is 611 g/mol. The minimum Gasteiger partial charge on any atom is -0.481 e. The second-order valence-electron chi connectivity index (χ2n) is 10.5. The summed E-state index contributed by atoms with van der Waals surface area (Å²) in [6, 6.07) is 20.5. The van der Waals surface area contributed by atoms with Gasteiger partial charge < -0.3 is 31.1 Å². The van der Waals surface area contributed by atoms with E-state index >= 15 is 0 Å². The molecule has 0 saturated heterocycles. The molecular formula is C32H36F3N5O4. The highest BCUT2D eigenvalue weighted by Gasteiger charge is 2.31. The zero-order valence-electron chi connectivity index (χ0n) is 24.1. The van der Waals surface area contributed by atoms with Crippen molar-refractivity contribution in [3.05, 3.63) is 89.5 Å². The van der Waals surface area contributed by atoms with Crippen molar-refractivity contribution < 1.29 is 32.6 Å². The van der Waals surface area contributed by atoms with Gasteiger partial charge in [0.15, 0.2) is 0 Å². The van der Waals surface area contributed by atoms with E-state index in [-0.39, 0.29) is 31.3 Å². The van der Waals surface area contributed by atoms with Gasteiger partial charge in [0.1, 0.15) is 5.75 Å². The third kappa shape index (κ3) is 9.73. The maximum Gasteiger partial charge on any atom is 0.573 e. The first-order chi connectivity index (χ1) is 21.1. The fourth-order valence-electron chi connectivity index (χ4n) is 5.13. The predicted octanol–water partition coefficient (Wildman–Crippen LogP) is 6.23. The molecule has 44 heavy (non-hydrogen) atoms. The van der Waals surface area contributed by atoms with E-state index < -0.39 is 12.3 Å². The van der Waals surface area contributed by atoms with Crippen molar-refractivity contribution in [3.63, 3.8) is 0 Å². The van der Waals surface area contributed by atoms with Crippen LogP contribution in [0.4, 0.5) is 24.5 Å². The number of nitrogens with one attached hydrogen (secondary N) is 2. The number of carboxylic acid groups (broad SMARTS) is 1. The minimum absolute atomic E-state index is 0.0223. The highest BCUT2D eigenvalue weighted by molar-refractivity contribution is 6.05. The average Bonchev–Trinajstić information content (AvgIpc) is 3.00. The number of aliphatic carboxylic acids is 1. The molecule has 0 aliphatic heterocycles. The molecule has 5 N–H and O–H groups in total. The lowest BCUT2D eigenvalue weighted by molar-refractivity contribution is -0.274. The van der Waals surface area contributed by atoms with Crippen LogP contribution in [0.3, 0.4) is 0 Å². The standard InChI is InChI=1S/C32H36F3N5O4/c33-32(34,35)44-28-16-12-26(13-17-28)39-31(38-21-36)40(27-14-10-24(11-15-27)23-4-2-1-3-5-23)20-22-6-8-25(9-7-22)30(43)37-19-18-29(41)42/h6-17,23H,1-5,18-21,36H2,(H,37,43)(H,38,39)(H,41,42). The molecule has 0 atom stereocenters. The van der Waals surface area contributed by atoms with E-state index in [1.165, 1.54) is 49.1 Å². The summed E-state index contributed by atoms with van der Waals surface area (Å²) in [5, 5.41) is 14.6. The smallest absolute Gasteiger partial charge is 0.481 e. The molecule has 1 saturated carbocycles. The van der Waals surface area contributed by atoms with Crippen molar-refractivity contribution in [2.45, 2.75) is 57.3 Å². The number of rotatable bonds is 11. The maximum absolute atomic E-state index is 12.6. The summed E-state index contributed by atoms with van der Waals surface area (Å²) in [7, 11) is 0. The lowest BCUT2D eigenvalue weighted by atomic mass is 9.84. The molecule has 3 aromatic carbocycles. The van der Waals surface area contributed by atoms with Gasteiger partial charge >= 0.3 is 12.3 Å². The van der Waals surface area contributed by atoms with Gasteiger partial charge in [-0.3, -0.25) is 9.59 Å². The number of anilines is 2. The van der Waals surface area contributed by atoms with Crippen LogP contribution in [0.5, 0.6) is 5.75 Å². The SMILES string of the molecule is NC/N=C(/Nc1ccc(OC(F)(F)F)cc1)N(Cc1ccc(C(=O)NCCC(=O)O)cc1)c1ccc(C2CCCCC2)cc1. The van der Waals surface area contributed by atoms with Crippen LogP contribution >= 0.6 is 0 Å². The molecule has 0 bridgehead atoms. The van der Waals surface area contributed by atoms with Gasteiger partial charge in [0, 0.05) is 23.5 Å². The third-order valence-electron chi connectivity index (χ3n) is 7.30. The van der Waals surface area contributed by atoms with Gasteiger partial charge in [-0.05, 0) is 78.4 Å². The lowest BCUT2D eigenvalue weighted by Gasteiger charge is -2.28. The van der Waals surface area contributed by atoms with Crippen LogP contribution in [0, 0.1) is 0 Å². The summed E-state index contributed by atoms with van der Waals surface area (Å²) >= 11 is 0. The summed E-state index contributed by atoms with van der Waals surface area (Å²) in [5.74, 6) is -0.826. The van der Waals surface area contributed by atoms with Crippen LogP contribution in [-0.4, -0.2) is 42.5 Å². The Hall–Kier alpha value is -4.58. The number of nitrogens with zero attached hydrogens (tertiary/aromatic N) is 2. The molecule has 234 valence electrons. The number of halogens is 3. The molecule has 1 fully saturated rings. The number of carbonyl (C=O) groups is 2. The van der Waals surface area contributed by atoms with Gasteiger partial charge in [0.05, 0.1) is 19.6 Å². The van der Waals surface area contributed by atoms with Crippen molar-refractivity contribution >= 4 is 29.2 Å². The Kier molecular flexibility index (Phi) is 11.2. The Labute approximate surface area is 253 Å². The normalized spacial score (nSPS) is 14.1. The van der Waals surface area contributed by atoms with Gasteiger partial charge in [-0.2, -0.15) is 0 Å². The fraction of sp³-hybridized carbons (Fsp3) is 0.344. The molecular weight excluding hydrogens is 575 g/mol. The molecule has 0 unspecified atom stereocenters. The van der Waals surface area contributed by atoms with Crippen molar-refractivity contribution in [2.75, 3.05) is 23.4 Å². The number of carbonyl (C=O) groups excluding carboxylic acids is 1. The molecule has 3 aromatic rings. The van der Waals surface area contributed by atoms with Gasteiger partial charge in [0.2, 0.25) is 5.96 Å². The maximum atomic E-state index is 12.6. The summed E-state index contributed by atoms with van der Waals surface area (Å²) < 4.78 is 41.9. The van der Waals surface area contributed by atoms with E-state index in [1.54, 1.807) is 24.3 Å². The van der Waals surface area contributed by atoms with E-state index in [0.29, 0.717) is 29.7 Å². The number of hydrogen-bond acceptors (Lipinski definition) is 5. The molecule has 9 nitrogen and oxygen atoms in total. The zero-order valence-corrected chi connectivity index (χ0v) is 24.1. The second kappa shape index (κ2) is 15.2. The van der Waals surface area contributed by atoms with E-state index in [4.69, 9.17) is 10.8 Å². The summed E-state index contributed by atoms with van der Waals surface area (Å²) in [6.45, 7) is 0.295. The number of amides is 1. The quantitative estimate of drug-likeness (QED) is 0.149. The number of aliphatic imine (C=N–C) groups is 1. The van der Waals surface area contributed by atoms with Crippen LogP contribution in [0.2, 0.25) is 0 Å². The van der Waals surface area contributed by atoms with Crippen molar-refractivity contribution in [1.29, 1.82) is 0 Å². The topological polar surface area (TPSA) is 129 Å². The van der Waals surface area contributed by atoms with E-state index in [2.05, 4.69) is 32.5 Å². The molecule has 0 heterocycles. The molecule has 12 heteroatoms. The van der Waals surface area contributed by atoms with Crippen molar-refractivity contribution in [1.82, 2.24) is 5.32 Å². The third-order valence-corrected chi connectivity index (χ3v) is 7.30. The van der Waals surface area contributed by atoms with Crippen LogP contribution in [0.15, 0.2) is 77.8 Å². The zero-order chi connectivity index (χ0) is 31.5. The van der Waals surface area contributed by atoms with E-state index in [0.717, 1.165) is 24.1 Å². The van der Waals surface area contributed by atoms with Crippen molar-refractivity contribution in [2.24, 2.45) is 10.7 Å². The molecule has 0 spiro atoms. The highest BCUT2D eigenvalue weighted by atomic mass is 19.4. The van der Waals surface area contributed by atoms with Gasteiger partial charge in [-0.25, -0.2) is 4.99 Å². The largest absolute Gasteiger partial charge is 0.573 e. The number of alkyl halides is 3. The van der Waals surface area contributed by atoms with Crippen LogP contribution < -0.4 is 26.0 Å². The molecule has 4 rings (SSSR count). The Balaban J connectivity index is 1.58. The number of nitrogens with two attached hydrogens (primary N) is 1. The summed E-state index contributed by atoms with van der Waals surface area (Å²) in [6.07, 6.45) is 1.05. The number of hydrogen-bond donors (Lipinski definition) is 4. The first-order valence-corrected chi connectivity index (χ1v) is 14.4. The first-order valence-electron chi connectivity index (χ1n) is 14.4. The Morgan fingerprint density at radius 3 is 2.20 bits per heavy atom. The molecule has 0 aromatic heterocycles. The summed E-state index contributed by atoms with van der Waals surface area (Å²) in [4.78, 5) is 29.5. The minimum atomic E-state index is -4.80. The van der Waals surface area contributed by atoms with Crippen molar-refractivity contribution in [3.8, 4) is 5.75 Å². The Morgan fingerprint density at radius 1 is 0.955 bits per heavy atom. The molecule has 1 aliphatic carbocycles. The number of benzene rings is 3. The molecule has 1 amide bonds. The Bertz CT molecular complexity index is 1410. The van der Waals surface area contributed by atoms with Crippen LogP contribution in [-0.2, 0) is 11.3 Å². The van der Waals surface area contributed by atoms with Gasteiger partial charge in [-0.15, -0.1) is 13.2 Å².